The van der Waals surface area contributed by atoms with E-state index in [1.165, 1.54) is 11.5 Å². The van der Waals surface area contributed by atoms with Gasteiger partial charge in [-0.1, -0.05) is 78.6 Å². The number of hydrogen-bond donors (Lipinski definition) is 0. The lowest BCUT2D eigenvalue weighted by molar-refractivity contribution is 1.53. The Kier molecular flexibility index (Phi) is 45.0. The molecule has 0 aliphatic rings. The van der Waals surface area contributed by atoms with Gasteiger partial charge in [-0.3, -0.25) is 0 Å². The van der Waals surface area contributed by atoms with Crippen molar-refractivity contribution in [2.45, 2.75) is 13.8 Å². The van der Waals surface area contributed by atoms with Gasteiger partial charge < -0.3 is 0 Å². The zero-order valence-electron chi connectivity index (χ0n) is 9.86. The average molecular weight is 311 g/mol. The summed E-state index contributed by atoms with van der Waals surface area (Å²) in [5, 5.41) is 0. The maximum absolute atomic E-state index is 2.17. The highest BCUT2D eigenvalue weighted by Crippen LogP contribution is 2.18. The fourth-order valence-corrected chi connectivity index (χ4v) is 1.50. The van der Waals surface area contributed by atoms with Crippen molar-refractivity contribution < 1.29 is 0 Å². The Hall–Kier alpha value is 2.10. The molecule has 0 unspecified atom stereocenters. The highest BCUT2D eigenvalue weighted by molar-refractivity contribution is 8.77. The molecule has 0 aromatic rings. The van der Waals surface area contributed by atoms with Crippen molar-refractivity contribution in [3.8, 4) is 0 Å². The topological polar surface area (TPSA) is 0 Å². The van der Waals surface area contributed by atoms with Crippen molar-refractivity contribution in [2.24, 2.45) is 0 Å². The predicted octanol–water partition coefficient (Wildman–Crippen LogP) is 5.66. The van der Waals surface area contributed by atoms with Crippen LogP contribution in [-0.2, 0) is 0 Å². The lowest BCUT2D eigenvalue weighted by Crippen LogP contribution is -1.59. The van der Waals surface area contributed by atoms with E-state index in [2.05, 4.69) is 38.9 Å². The molecule has 0 aromatic carbocycles. The van der Waals surface area contributed by atoms with Crippen molar-refractivity contribution >= 4 is 64.8 Å². The van der Waals surface area contributed by atoms with Crippen molar-refractivity contribution in [3.63, 3.8) is 0 Å². The van der Waals surface area contributed by atoms with Gasteiger partial charge in [0.05, 0.1) is 0 Å². The van der Waals surface area contributed by atoms with E-state index >= 15 is 0 Å². The molecule has 0 saturated carbocycles. The fraction of sp³-hybridized carbons (Fsp3) is 1.00. The summed E-state index contributed by atoms with van der Waals surface area (Å²) in [5.74, 6) is 2.47. The molecule has 0 amide bonds. The van der Waals surface area contributed by atoms with Crippen LogP contribution in [0.1, 0.15) is 13.8 Å². The van der Waals surface area contributed by atoms with E-state index < -0.39 is 0 Å². The van der Waals surface area contributed by atoms with Gasteiger partial charge in [0, 0.05) is 11.5 Å². The van der Waals surface area contributed by atoms with Crippen LogP contribution in [0.3, 0.4) is 0 Å². The zero-order valence-corrected chi connectivity index (χ0v) is 14.8. The normalized spacial score (nSPS) is 8.14. The van der Waals surface area contributed by atoms with Gasteiger partial charge >= 0.3 is 0 Å². The molecule has 0 spiro atoms. The van der Waals surface area contributed by atoms with Crippen LogP contribution in [0.5, 0.6) is 0 Å². The third-order valence-electron chi connectivity index (χ3n) is 0.652. The molecule has 0 aliphatic carbocycles. The summed E-state index contributed by atoms with van der Waals surface area (Å²) in [5.41, 5.74) is 0. The van der Waals surface area contributed by atoms with Crippen molar-refractivity contribution in [2.75, 3.05) is 36.5 Å². The van der Waals surface area contributed by atoms with E-state index in [1.54, 1.807) is 43.2 Å². The van der Waals surface area contributed by atoms with Crippen LogP contribution in [-0.4, -0.2) is 36.5 Å². The molecular formula is C8H22S6. The standard InChI is InChI=1S/C4H10S2.2C2H6S2/c1-3-5-6-4-2;2*1-3-4-2/h3-4H2,1-2H3;2*1-2H3. The molecule has 0 saturated heterocycles. The highest BCUT2D eigenvalue weighted by Gasteiger charge is 1.75. The van der Waals surface area contributed by atoms with Gasteiger partial charge in [0.25, 0.3) is 0 Å². The lowest BCUT2D eigenvalue weighted by atomic mass is 11.0. The van der Waals surface area contributed by atoms with Gasteiger partial charge in [-0.15, -0.1) is 0 Å². The molecule has 0 atom stereocenters. The highest BCUT2D eigenvalue weighted by atomic mass is 33.1. The summed E-state index contributed by atoms with van der Waals surface area (Å²) in [6.07, 6.45) is 8.24. The van der Waals surface area contributed by atoms with Crippen LogP contribution in [0.4, 0.5) is 0 Å². The maximum atomic E-state index is 2.17. The summed E-state index contributed by atoms with van der Waals surface area (Å²) in [6, 6.07) is 0. The van der Waals surface area contributed by atoms with Crippen molar-refractivity contribution in [1.29, 1.82) is 0 Å². The first-order valence-electron chi connectivity index (χ1n) is 4.12. The monoisotopic (exact) mass is 310 g/mol. The first kappa shape index (κ1) is 21.4. The minimum atomic E-state index is 1.23. The van der Waals surface area contributed by atoms with Gasteiger partial charge in [-0.2, -0.15) is 0 Å². The molecule has 90 valence electrons. The predicted molar refractivity (Wildman–Crippen MR) is 90.3 cm³/mol. The van der Waals surface area contributed by atoms with E-state index in [0.717, 1.165) is 0 Å². The van der Waals surface area contributed by atoms with Gasteiger partial charge in [-0.25, -0.2) is 0 Å². The zero-order chi connectivity index (χ0) is 11.7. The summed E-state index contributed by atoms with van der Waals surface area (Å²) >= 11 is 0. The van der Waals surface area contributed by atoms with Gasteiger partial charge in [0.2, 0.25) is 0 Å². The van der Waals surface area contributed by atoms with E-state index in [9.17, 15) is 0 Å². The summed E-state index contributed by atoms with van der Waals surface area (Å²) < 4.78 is 0. The van der Waals surface area contributed by atoms with E-state index in [4.69, 9.17) is 0 Å². The largest absolute Gasteiger partial charge is 0.0979 e. The minimum Gasteiger partial charge on any atom is -0.0979 e. The first-order chi connectivity index (χ1) is 6.74. The molecule has 0 heterocycles. The molecule has 0 fully saturated rings. The minimum absolute atomic E-state index is 1.23. The Balaban J connectivity index is -0.000000135. The SMILES string of the molecule is CCSSCC.CSSC.CSSC. The third kappa shape index (κ3) is 48.0. The van der Waals surface area contributed by atoms with Crippen LogP contribution in [0.2, 0.25) is 0 Å². The van der Waals surface area contributed by atoms with Crippen LogP contribution in [0.15, 0.2) is 0 Å². The second-order valence-corrected chi connectivity index (χ2v) is 9.85. The smallest absolute Gasteiger partial charge is 0.000844 e. The lowest BCUT2D eigenvalue weighted by Gasteiger charge is -1.86. The Morgan fingerprint density at radius 3 is 0.857 bits per heavy atom. The third-order valence-corrected chi connectivity index (χ3v) is 5.87. The molecule has 0 bridgehead atoms. The van der Waals surface area contributed by atoms with Crippen molar-refractivity contribution in [1.82, 2.24) is 0 Å². The Bertz CT molecular complexity index is 49.8. The second kappa shape index (κ2) is 29.4. The molecular weight excluding hydrogens is 288 g/mol. The molecule has 0 aliphatic heterocycles. The van der Waals surface area contributed by atoms with Crippen LogP contribution in [0.25, 0.3) is 0 Å². The van der Waals surface area contributed by atoms with Gasteiger partial charge in [0.1, 0.15) is 0 Å². The molecule has 14 heavy (non-hydrogen) atoms. The van der Waals surface area contributed by atoms with E-state index in [1.807, 2.05) is 21.6 Å². The quantitative estimate of drug-likeness (QED) is 0.471. The summed E-state index contributed by atoms with van der Waals surface area (Å²) in [4.78, 5) is 0. The fourth-order valence-electron chi connectivity index (χ4n) is 0.167. The molecule has 6 heteroatoms. The average Bonchev–Trinajstić information content (AvgIpc) is 2.27. The van der Waals surface area contributed by atoms with Crippen molar-refractivity contribution in [3.05, 3.63) is 0 Å². The Morgan fingerprint density at radius 1 is 0.571 bits per heavy atom. The molecule has 0 nitrogen and oxygen atoms in total. The van der Waals surface area contributed by atoms with Gasteiger partial charge in [0.15, 0.2) is 0 Å². The first-order valence-corrected chi connectivity index (χ1v) is 12.5. The molecule has 0 radical (unpaired) electrons. The van der Waals surface area contributed by atoms with Crippen LogP contribution < -0.4 is 0 Å². The Labute approximate surface area is 114 Å². The molecule has 0 aromatic heterocycles. The molecule has 0 N–H and O–H groups in total. The van der Waals surface area contributed by atoms with Gasteiger partial charge in [-0.05, 0) is 25.0 Å². The van der Waals surface area contributed by atoms with E-state index in [0.29, 0.717) is 0 Å². The maximum Gasteiger partial charge on any atom is 0.000844 e. The van der Waals surface area contributed by atoms with Crippen LogP contribution >= 0.6 is 64.8 Å². The molecule has 0 rings (SSSR count). The number of rotatable bonds is 5. The summed E-state index contributed by atoms with van der Waals surface area (Å²) in [6.45, 7) is 4.35. The second-order valence-electron chi connectivity index (χ2n) is 1.48. The summed E-state index contributed by atoms with van der Waals surface area (Å²) in [7, 11) is 10.9. The Morgan fingerprint density at radius 2 is 0.786 bits per heavy atom. The number of hydrogen-bond acceptors (Lipinski definition) is 6. The van der Waals surface area contributed by atoms with Crippen LogP contribution in [0, 0.1) is 0 Å². The van der Waals surface area contributed by atoms with E-state index in [-0.39, 0.29) is 0 Å².